The third-order valence-corrected chi connectivity index (χ3v) is 6.18. The molecule has 2 aromatic rings. The zero-order valence-electron chi connectivity index (χ0n) is 19.0. The van der Waals surface area contributed by atoms with E-state index in [1.54, 1.807) is 29.2 Å². The maximum atomic E-state index is 12.3. The number of nitrogens with zero attached hydrogens (tertiary/aromatic N) is 1. The van der Waals surface area contributed by atoms with Crippen LogP contribution < -0.4 is 5.32 Å². The number of hydrogen-bond acceptors (Lipinski definition) is 5. The molecule has 33 heavy (non-hydrogen) atoms. The summed E-state index contributed by atoms with van der Waals surface area (Å²) in [5.74, 6) is -0.0986. The highest BCUT2D eigenvalue weighted by atomic mass is 16.6. The van der Waals surface area contributed by atoms with Crippen LogP contribution in [0.15, 0.2) is 54.6 Å². The van der Waals surface area contributed by atoms with Gasteiger partial charge in [0.1, 0.15) is 18.4 Å². The first kappa shape index (κ1) is 24.6. The van der Waals surface area contributed by atoms with Gasteiger partial charge in [0.2, 0.25) is 0 Å². The molecule has 1 aliphatic heterocycles. The molecular formula is C26H34N2O5. The number of nitrogens with one attached hydrogen (secondary N) is 1. The Balaban J connectivity index is 1.28. The fourth-order valence-electron chi connectivity index (χ4n) is 4.16. The number of benzene rings is 2. The molecule has 0 saturated carbocycles. The summed E-state index contributed by atoms with van der Waals surface area (Å²) >= 11 is 0. The number of carboxylic acid groups (broad SMARTS) is 1. The lowest BCUT2D eigenvalue weighted by Crippen LogP contribution is -2.39. The number of piperidine rings is 1. The number of ether oxygens (including phenoxy) is 1. The summed E-state index contributed by atoms with van der Waals surface area (Å²) in [6, 6.07) is 15.7. The summed E-state index contributed by atoms with van der Waals surface area (Å²) < 4.78 is 5.42. The highest BCUT2D eigenvalue weighted by Crippen LogP contribution is 2.23. The summed E-state index contributed by atoms with van der Waals surface area (Å²) in [5.41, 5.74) is 1.87. The van der Waals surface area contributed by atoms with Crippen molar-refractivity contribution in [3.8, 4) is 5.75 Å². The second-order valence-corrected chi connectivity index (χ2v) is 8.68. The molecule has 7 nitrogen and oxygen atoms in total. The third kappa shape index (κ3) is 8.42. The predicted molar refractivity (Wildman–Crippen MR) is 126 cm³/mol. The van der Waals surface area contributed by atoms with E-state index in [0.29, 0.717) is 25.5 Å². The molecule has 0 radical (unpaired) electrons. The maximum absolute atomic E-state index is 12.3. The van der Waals surface area contributed by atoms with E-state index in [0.717, 1.165) is 56.3 Å². The number of carbonyl (C=O) groups excluding carboxylic acids is 1. The van der Waals surface area contributed by atoms with Crippen molar-refractivity contribution in [1.29, 1.82) is 0 Å². The van der Waals surface area contributed by atoms with Crippen molar-refractivity contribution in [1.82, 2.24) is 10.2 Å². The average Bonchev–Trinajstić information content (AvgIpc) is 2.83. The summed E-state index contributed by atoms with van der Waals surface area (Å²) in [6.07, 6.45) is 5.13. The molecule has 1 amide bonds. The molecule has 0 bridgehead atoms. The van der Waals surface area contributed by atoms with Crippen LogP contribution in [0.25, 0.3) is 0 Å². The highest BCUT2D eigenvalue weighted by molar-refractivity contribution is 5.73. The van der Waals surface area contributed by atoms with Crippen LogP contribution in [0.1, 0.15) is 43.2 Å². The van der Waals surface area contributed by atoms with Crippen molar-refractivity contribution in [3.63, 3.8) is 0 Å². The maximum Gasteiger partial charge on any atom is 0.410 e. The van der Waals surface area contributed by atoms with Crippen LogP contribution in [0.4, 0.5) is 4.79 Å². The molecule has 1 aliphatic rings. The van der Waals surface area contributed by atoms with Gasteiger partial charge in [-0.15, -0.1) is 0 Å². The number of rotatable bonds is 11. The van der Waals surface area contributed by atoms with Crippen molar-refractivity contribution in [3.05, 3.63) is 65.7 Å². The second-order valence-electron chi connectivity index (χ2n) is 8.68. The number of carbonyl (C=O) groups is 2. The fourth-order valence-corrected chi connectivity index (χ4v) is 4.16. The van der Waals surface area contributed by atoms with Crippen LogP contribution in [0.2, 0.25) is 0 Å². The molecular weight excluding hydrogens is 420 g/mol. The SMILES string of the molecule is O=C(O)[C@H](Cc1ccc(O)cc1)NCCCCC1CCN(C(=O)OCc2ccccc2)CC1. The van der Waals surface area contributed by atoms with E-state index >= 15 is 0 Å². The van der Waals surface area contributed by atoms with E-state index in [-0.39, 0.29) is 11.8 Å². The van der Waals surface area contributed by atoms with Crippen LogP contribution in [-0.4, -0.2) is 52.9 Å². The summed E-state index contributed by atoms with van der Waals surface area (Å²) in [4.78, 5) is 25.6. The lowest BCUT2D eigenvalue weighted by atomic mass is 9.92. The minimum Gasteiger partial charge on any atom is -0.508 e. The van der Waals surface area contributed by atoms with Gasteiger partial charge in [-0.2, -0.15) is 0 Å². The van der Waals surface area contributed by atoms with Crippen molar-refractivity contribution < 1.29 is 24.5 Å². The van der Waals surface area contributed by atoms with Gasteiger partial charge in [0, 0.05) is 13.1 Å². The fraction of sp³-hybridized carbons (Fsp3) is 0.462. The minimum atomic E-state index is -0.866. The van der Waals surface area contributed by atoms with Gasteiger partial charge in [-0.1, -0.05) is 55.3 Å². The predicted octanol–water partition coefficient (Wildman–Crippen LogP) is 4.20. The molecule has 0 spiro atoms. The van der Waals surface area contributed by atoms with Gasteiger partial charge in [-0.05, 0) is 61.4 Å². The van der Waals surface area contributed by atoms with Crippen molar-refractivity contribution in [2.75, 3.05) is 19.6 Å². The smallest absolute Gasteiger partial charge is 0.410 e. The highest BCUT2D eigenvalue weighted by Gasteiger charge is 2.23. The number of hydrogen-bond donors (Lipinski definition) is 3. The van der Waals surface area contributed by atoms with E-state index in [9.17, 15) is 19.8 Å². The number of carboxylic acids is 1. The van der Waals surface area contributed by atoms with E-state index in [1.165, 1.54) is 0 Å². The molecule has 0 aliphatic carbocycles. The lowest BCUT2D eigenvalue weighted by Gasteiger charge is -2.31. The van der Waals surface area contributed by atoms with Crippen LogP contribution >= 0.6 is 0 Å². The first-order valence-corrected chi connectivity index (χ1v) is 11.7. The van der Waals surface area contributed by atoms with Crippen LogP contribution in [0.5, 0.6) is 5.75 Å². The Morgan fingerprint density at radius 2 is 1.70 bits per heavy atom. The normalized spacial score (nSPS) is 15.2. The topological polar surface area (TPSA) is 99.1 Å². The third-order valence-electron chi connectivity index (χ3n) is 6.18. The molecule has 0 unspecified atom stereocenters. The molecule has 2 aromatic carbocycles. The average molecular weight is 455 g/mol. The van der Waals surface area contributed by atoms with Gasteiger partial charge in [0.15, 0.2) is 0 Å². The largest absolute Gasteiger partial charge is 0.508 e. The Labute approximate surface area is 195 Å². The minimum absolute atomic E-state index is 0.175. The standard InChI is InChI=1S/C26H34N2O5/c29-23-11-9-21(10-12-23)18-24(25(30)31)27-15-5-4-6-20-13-16-28(17-14-20)26(32)33-19-22-7-2-1-3-8-22/h1-3,7-12,20,24,27,29H,4-6,13-19H2,(H,30,31)/t24-/m0/s1. The van der Waals surface area contributed by atoms with E-state index in [1.807, 2.05) is 30.3 Å². The van der Waals surface area contributed by atoms with Crippen molar-refractivity contribution >= 4 is 12.1 Å². The van der Waals surface area contributed by atoms with Crippen LogP contribution in [0.3, 0.4) is 0 Å². The van der Waals surface area contributed by atoms with Crippen LogP contribution in [0, 0.1) is 5.92 Å². The number of amides is 1. The Morgan fingerprint density at radius 3 is 2.36 bits per heavy atom. The first-order chi connectivity index (χ1) is 16.0. The molecule has 1 heterocycles. The Bertz CT molecular complexity index is 864. The van der Waals surface area contributed by atoms with Gasteiger partial charge in [-0.3, -0.25) is 4.79 Å². The summed E-state index contributed by atoms with van der Waals surface area (Å²) in [7, 11) is 0. The first-order valence-electron chi connectivity index (χ1n) is 11.7. The molecule has 7 heteroatoms. The number of unbranched alkanes of at least 4 members (excludes halogenated alkanes) is 1. The van der Waals surface area contributed by atoms with Gasteiger partial charge < -0.3 is 25.2 Å². The Hall–Kier alpha value is -3.06. The van der Waals surface area contributed by atoms with E-state index in [2.05, 4.69) is 5.32 Å². The van der Waals surface area contributed by atoms with Crippen molar-refractivity contribution in [2.24, 2.45) is 5.92 Å². The summed E-state index contributed by atoms with van der Waals surface area (Å²) in [6.45, 7) is 2.41. The Kier molecular flexibility index (Phi) is 9.57. The molecule has 3 rings (SSSR count). The summed E-state index contributed by atoms with van der Waals surface area (Å²) in [5, 5.41) is 22.0. The van der Waals surface area contributed by atoms with Gasteiger partial charge in [0.25, 0.3) is 0 Å². The molecule has 0 aromatic heterocycles. The lowest BCUT2D eigenvalue weighted by molar-refractivity contribution is -0.139. The van der Waals surface area contributed by atoms with Gasteiger partial charge >= 0.3 is 12.1 Å². The molecule has 1 atom stereocenters. The number of phenolic OH excluding ortho intramolecular Hbond substituents is 1. The zero-order chi connectivity index (χ0) is 23.5. The molecule has 1 saturated heterocycles. The number of aliphatic carboxylic acids is 1. The van der Waals surface area contributed by atoms with Gasteiger partial charge in [0.05, 0.1) is 0 Å². The van der Waals surface area contributed by atoms with Crippen molar-refractivity contribution in [2.45, 2.75) is 51.2 Å². The quantitative estimate of drug-likeness (QED) is 0.440. The number of likely N-dealkylation sites (tertiary alicyclic amines) is 1. The molecule has 1 fully saturated rings. The number of phenols is 1. The molecule has 3 N–H and O–H groups in total. The zero-order valence-corrected chi connectivity index (χ0v) is 19.0. The second kappa shape index (κ2) is 12.8. The molecule has 178 valence electrons. The van der Waals surface area contributed by atoms with Gasteiger partial charge in [-0.25, -0.2) is 4.79 Å². The number of aromatic hydroxyl groups is 1. The van der Waals surface area contributed by atoms with Crippen LogP contribution in [-0.2, 0) is 22.6 Å². The van der Waals surface area contributed by atoms with E-state index in [4.69, 9.17) is 4.74 Å². The monoisotopic (exact) mass is 454 g/mol. The Morgan fingerprint density at radius 1 is 1.00 bits per heavy atom. The van der Waals surface area contributed by atoms with E-state index < -0.39 is 12.0 Å².